The summed E-state index contributed by atoms with van der Waals surface area (Å²) in [6, 6.07) is 0. The Morgan fingerprint density at radius 2 is 2.00 bits per heavy atom. The molecule has 0 aliphatic rings. The molecule has 0 aliphatic carbocycles. The normalized spacial score (nSPS) is 17.4. The molecule has 0 amide bonds. The van der Waals surface area contributed by atoms with Crippen molar-refractivity contribution < 1.29 is 15.0 Å². The van der Waals surface area contributed by atoms with Gasteiger partial charge in [0.1, 0.15) is 0 Å². The van der Waals surface area contributed by atoms with Gasteiger partial charge in [0.2, 0.25) is 0 Å². The average Bonchev–Trinajstić information content (AvgIpc) is 2.03. The van der Waals surface area contributed by atoms with E-state index in [2.05, 4.69) is 6.92 Å². The van der Waals surface area contributed by atoms with Gasteiger partial charge in [-0.2, -0.15) is 0 Å². The highest BCUT2D eigenvalue weighted by Gasteiger charge is 2.31. The number of carbonyl (C=O) groups is 1. The van der Waals surface area contributed by atoms with Crippen LogP contribution in [0, 0.1) is 5.92 Å². The summed E-state index contributed by atoms with van der Waals surface area (Å²) >= 11 is 0. The predicted octanol–water partition coefficient (Wildman–Crippen LogP) is 2.43. The molecule has 0 spiro atoms. The van der Waals surface area contributed by atoms with Crippen molar-refractivity contribution in [3.05, 3.63) is 0 Å². The van der Waals surface area contributed by atoms with Gasteiger partial charge >= 0.3 is 5.97 Å². The largest absolute Gasteiger partial charge is 0.479 e. The first-order chi connectivity index (χ1) is 6.40. The lowest BCUT2D eigenvalue weighted by Gasteiger charge is -2.22. The topological polar surface area (TPSA) is 57.5 Å². The quantitative estimate of drug-likeness (QED) is 0.623. The Morgan fingerprint density at radius 1 is 1.43 bits per heavy atom. The number of aliphatic hydroxyl groups is 1. The van der Waals surface area contributed by atoms with E-state index in [1.807, 2.05) is 6.92 Å². The molecule has 0 heterocycles. The Labute approximate surface area is 86.1 Å². The maximum absolute atomic E-state index is 10.6. The van der Waals surface area contributed by atoms with Crippen LogP contribution in [0.3, 0.4) is 0 Å². The monoisotopic (exact) mass is 202 g/mol. The van der Waals surface area contributed by atoms with Crippen LogP contribution in [-0.2, 0) is 4.79 Å². The second-order valence-electron chi connectivity index (χ2n) is 4.38. The highest BCUT2D eigenvalue weighted by Crippen LogP contribution is 2.21. The summed E-state index contributed by atoms with van der Waals surface area (Å²) in [5.74, 6) is -0.854. The van der Waals surface area contributed by atoms with E-state index >= 15 is 0 Å². The van der Waals surface area contributed by atoms with Crippen molar-refractivity contribution >= 4 is 5.97 Å². The fraction of sp³-hybridized carbons (Fsp3) is 0.909. The van der Waals surface area contributed by atoms with Crippen LogP contribution in [0.1, 0.15) is 52.9 Å². The first-order valence-corrected chi connectivity index (χ1v) is 5.36. The summed E-state index contributed by atoms with van der Waals surface area (Å²) in [5.41, 5.74) is -1.56. The molecule has 84 valence electrons. The van der Waals surface area contributed by atoms with Crippen LogP contribution >= 0.6 is 0 Å². The van der Waals surface area contributed by atoms with Gasteiger partial charge in [-0.15, -0.1) is 0 Å². The molecule has 0 fully saturated rings. The highest BCUT2D eigenvalue weighted by atomic mass is 16.4. The Bertz CT molecular complexity index is 175. The van der Waals surface area contributed by atoms with Crippen molar-refractivity contribution in [2.45, 2.75) is 58.5 Å². The number of carboxylic acids is 1. The van der Waals surface area contributed by atoms with Crippen molar-refractivity contribution in [2.24, 2.45) is 5.92 Å². The van der Waals surface area contributed by atoms with Crippen LogP contribution < -0.4 is 0 Å². The average molecular weight is 202 g/mol. The Hall–Kier alpha value is -0.570. The minimum absolute atomic E-state index is 0.271. The number of aliphatic carboxylic acids is 1. The van der Waals surface area contributed by atoms with E-state index < -0.39 is 11.6 Å². The van der Waals surface area contributed by atoms with Gasteiger partial charge in [-0.1, -0.05) is 39.5 Å². The van der Waals surface area contributed by atoms with Gasteiger partial charge in [0, 0.05) is 0 Å². The Kier molecular flexibility index (Phi) is 5.77. The smallest absolute Gasteiger partial charge is 0.335 e. The standard InChI is InChI=1S/C11H22O3/c1-4-5-6-7-9(2)8-11(3,14)10(12)13/h9,14H,4-8H2,1-3H3,(H,12,13). The van der Waals surface area contributed by atoms with E-state index in [9.17, 15) is 9.90 Å². The minimum Gasteiger partial charge on any atom is -0.479 e. The zero-order valence-corrected chi connectivity index (χ0v) is 9.42. The number of hydrogen-bond donors (Lipinski definition) is 2. The molecule has 2 N–H and O–H groups in total. The van der Waals surface area contributed by atoms with E-state index in [1.165, 1.54) is 19.8 Å². The molecule has 0 bridgehead atoms. The molecular formula is C11H22O3. The summed E-state index contributed by atoms with van der Waals surface area (Å²) in [6.45, 7) is 5.50. The molecule has 0 radical (unpaired) electrons. The van der Waals surface area contributed by atoms with Gasteiger partial charge in [-0.25, -0.2) is 4.79 Å². The van der Waals surface area contributed by atoms with Crippen molar-refractivity contribution in [2.75, 3.05) is 0 Å². The molecule has 3 nitrogen and oxygen atoms in total. The van der Waals surface area contributed by atoms with Crippen molar-refractivity contribution in [3.8, 4) is 0 Å². The van der Waals surface area contributed by atoms with Gasteiger partial charge in [-0.3, -0.25) is 0 Å². The molecule has 0 aromatic heterocycles. The molecule has 0 aromatic rings. The zero-order valence-electron chi connectivity index (χ0n) is 9.42. The van der Waals surface area contributed by atoms with Gasteiger partial charge in [0.25, 0.3) is 0 Å². The second kappa shape index (κ2) is 6.02. The maximum atomic E-state index is 10.6. The molecule has 0 saturated heterocycles. The fourth-order valence-corrected chi connectivity index (χ4v) is 1.61. The first kappa shape index (κ1) is 13.4. The molecule has 0 saturated carbocycles. The van der Waals surface area contributed by atoms with Crippen LogP contribution in [0.5, 0.6) is 0 Å². The van der Waals surface area contributed by atoms with Crippen molar-refractivity contribution in [1.82, 2.24) is 0 Å². The van der Waals surface area contributed by atoms with Crippen LogP contribution in [0.25, 0.3) is 0 Å². The van der Waals surface area contributed by atoms with Crippen LogP contribution in [0.15, 0.2) is 0 Å². The third-order valence-corrected chi connectivity index (χ3v) is 2.51. The van der Waals surface area contributed by atoms with E-state index in [0.29, 0.717) is 6.42 Å². The lowest BCUT2D eigenvalue weighted by atomic mass is 9.90. The molecule has 0 aliphatic heterocycles. The summed E-state index contributed by atoms with van der Waals surface area (Å²) in [6.07, 6.45) is 4.80. The lowest BCUT2D eigenvalue weighted by Crippen LogP contribution is -2.36. The zero-order chi connectivity index (χ0) is 11.2. The summed E-state index contributed by atoms with van der Waals surface area (Å²) in [4.78, 5) is 10.6. The minimum atomic E-state index is -1.56. The third kappa shape index (κ3) is 5.22. The fourth-order valence-electron chi connectivity index (χ4n) is 1.61. The molecular weight excluding hydrogens is 180 g/mol. The Morgan fingerprint density at radius 3 is 2.43 bits per heavy atom. The van der Waals surface area contributed by atoms with Crippen molar-refractivity contribution in [1.29, 1.82) is 0 Å². The number of hydrogen-bond acceptors (Lipinski definition) is 2. The molecule has 0 rings (SSSR count). The molecule has 3 heteroatoms. The van der Waals surface area contributed by atoms with Crippen LogP contribution in [0.2, 0.25) is 0 Å². The van der Waals surface area contributed by atoms with Gasteiger partial charge in [0.05, 0.1) is 0 Å². The SMILES string of the molecule is CCCCCC(C)CC(C)(O)C(=O)O. The van der Waals surface area contributed by atoms with E-state index in [1.54, 1.807) is 0 Å². The summed E-state index contributed by atoms with van der Waals surface area (Å²) in [5, 5.41) is 18.2. The number of carboxylic acid groups (broad SMARTS) is 1. The maximum Gasteiger partial charge on any atom is 0.335 e. The molecule has 14 heavy (non-hydrogen) atoms. The molecule has 2 atom stereocenters. The number of rotatable bonds is 7. The number of unbranched alkanes of at least 4 members (excludes halogenated alkanes) is 2. The van der Waals surface area contributed by atoms with E-state index in [4.69, 9.17) is 5.11 Å². The van der Waals surface area contributed by atoms with Gasteiger partial charge in [-0.05, 0) is 19.3 Å². The third-order valence-electron chi connectivity index (χ3n) is 2.51. The van der Waals surface area contributed by atoms with Crippen LogP contribution in [-0.4, -0.2) is 21.8 Å². The van der Waals surface area contributed by atoms with E-state index in [-0.39, 0.29) is 5.92 Å². The van der Waals surface area contributed by atoms with Crippen molar-refractivity contribution in [3.63, 3.8) is 0 Å². The highest BCUT2D eigenvalue weighted by molar-refractivity contribution is 5.76. The van der Waals surface area contributed by atoms with E-state index in [0.717, 1.165) is 12.8 Å². The Balaban J connectivity index is 3.81. The lowest BCUT2D eigenvalue weighted by molar-refractivity contribution is -0.158. The van der Waals surface area contributed by atoms with Crippen LogP contribution in [0.4, 0.5) is 0 Å². The second-order valence-corrected chi connectivity index (χ2v) is 4.38. The summed E-state index contributed by atoms with van der Waals surface area (Å²) < 4.78 is 0. The molecule has 0 aromatic carbocycles. The van der Waals surface area contributed by atoms with Gasteiger partial charge in [0.15, 0.2) is 5.60 Å². The molecule has 2 unspecified atom stereocenters. The predicted molar refractivity (Wildman–Crippen MR) is 56.2 cm³/mol. The van der Waals surface area contributed by atoms with Gasteiger partial charge < -0.3 is 10.2 Å². The first-order valence-electron chi connectivity index (χ1n) is 5.36. The summed E-state index contributed by atoms with van der Waals surface area (Å²) in [7, 11) is 0.